The van der Waals surface area contributed by atoms with Crippen LogP contribution in [0.15, 0.2) is 54.6 Å². The van der Waals surface area contributed by atoms with Crippen molar-refractivity contribution in [2.45, 2.75) is 51.1 Å². The highest BCUT2D eigenvalue weighted by atomic mass is 16.2. The molecule has 146 valence electrons. The van der Waals surface area contributed by atoms with Crippen molar-refractivity contribution in [3.05, 3.63) is 60.2 Å². The summed E-state index contributed by atoms with van der Waals surface area (Å²) in [6, 6.07) is 18.9. The maximum Gasteiger partial charge on any atom is 0.225 e. The van der Waals surface area contributed by atoms with E-state index >= 15 is 0 Å². The molecule has 1 heterocycles. The quantitative estimate of drug-likeness (QED) is 0.845. The zero-order chi connectivity index (χ0) is 19.5. The third-order valence-electron chi connectivity index (χ3n) is 6.17. The molecular formula is C24H28N2O2. The lowest BCUT2D eigenvalue weighted by Crippen LogP contribution is -2.37. The molecule has 1 N–H and O–H groups in total. The van der Waals surface area contributed by atoms with Gasteiger partial charge in [-0.1, -0.05) is 67.4 Å². The highest BCUT2D eigenvalue weighted by molar-refractivity contribution is 5.89. The van der Waals surface area contributed by atoms with E-state index in [0.717, 1.165) is 24.0 Å². The molecule has 4 nitrogen and oxygen atoms in total. The molecule has 2 atom stereocenters. The summed E-state index contributed by atoms with van der Waals surface area (Å²) >= 11 is 0. The summed E-state index contributed by atoms with van der Waals surface area (Å²) in [5.41, 5.74) is 3.42. The van der Waals surface area contributed by atoms with Gasteiger partial charge in [-0.05, 0) is 36.5 Å². The zero-order valence-electron chi connectivity index (χ0n) is 16.4. The predicted molar refractivity (Wildman–Crippen MR) is 111 cm³/mol. The second-order valence-electron chi connectivity index (χ2n) is 8.10. The third-order valence-corrected chi connectivity index (χ3v) is 6.17. The van der Waals surface area contributed by atoms with Crippen molar-refractivity contribution in [3.63, 3.8) is 0 Å². The third kappa shape index (κ3) is 3.96. The standard InChI is InChI=1S/C24H28N2O2/c1-17(18-11-13-20(14-12-18)19-7-3-2-4-8-19)25-24(28)21-15-23(27)26(16-21)22-9-5-6-10-22/h2-4,7-8,11-14,17,21-22H,5-6,9-10,15-16H2,1H3,(H,25,28)/t17-,21-/m0/s1. The van der Waals surface area contributed by atoms with E-state index in [2.05, 4.69) is 41.7 Å². The van der Waals surface area contributed by atoms with Crippen molar-refractivity contribution in [1.82, 2.24) is 10.2 Å². The molecule has 28 heavy (non-hydrogen) atoms. The molecule has 0 radical (unpaired) electrons. The number of rotatable bonds is 5. The van der Waals surface area contributed by atoms with Crippen LogP contribution in [0.1, 0.15) is 50.6 Å². The fourth-order valence-electron chi connectivity index (χ4n) is 4.49. The average molecular weight is 376 g/mol. The molecule has 2 amide bonds. The lowest BCUT2D eigenvalue weighted by molar-refractivity contribution is -0.130. The molecule has 2 aromatic rings. The normalized spacial score (nSPS) is 21.1. The van der Waals surface area contributed by atoms with Crippen LogP contribution < -0.4 is 5.32 Å². The van der Waals surface area contributed by atoms with Gasteiger partial charge in [-0.3, -0.25) is 9.59 Å². The molecule has 0 aromatic heterocycles. The van der Waals surface area contributed by atoms with Crippen LogP contribution in [0.4, 0.5) is 0 Å². The van der Waals surface area contributed by atoms with E-state index in [-0.39, 0.29) is 23.8 Å². The fraction of sp³-hybridized carbons (Fsp3) is 0.417. The smallest absolute Gasteiger partial charge is 0.225 e. The second-order valence-corrected chi connectivity index (χ2v) is 8.10. The van der Waals surface area contributed by atoms with Gasteiger partial charge in [-0.25, -0.2) is 0 Å². The van der Waals surface area contributed by atoms with Gasteiger partial charge in [-0.2, -0.15) is 0 Å². The Kier molecular flexibility index (Phi) is 5.47. The molecule has 1 aliphatic carbocycles. The number of hydrogen-bond donors (Lipinski definition) is 1. The van der Waals surface area contributed by atoms with E-state index in [0.29, 0.717) is 19.0 Å². The summed E-state index contributed by atoms with van der Waals surface area (Å²) in [6.07, 6.45) is 4.92. The minimum Gasteiger partial charge on any atom is -0.349 e. The minimum absolute atomic E-state index is 0.00603. The first-order valence-electron chi connectivity index (χ1n) is 10.4. The van der Waals surface area contributed by atoms with Crippen LogP contribution in [0.3, 0.4) is 0 Å². The molecule has 0 unspecified atom stereocenters. The van der Waals surface area contributed by atoms with Gasteiger partial charge in [0.2, 0.25) is 11.8 Å². The van der Waals surface area contributed by atoms with Gasteiger partial charge >= 0.3 is 0 Å². The SMILES string of the molecule is C[C@H](NC(=O)[C@H]1CC(=O)N(C2CCCC2)C1)c1ccc(-c2ccccc2)cc1. The van der Waals surface area contributed by atoms with Gasteiger partial charge < -0.3 is 10.2 Å². The van der Waals surface area contributed by atoms with Gasteiger partial charge in [-0.15, -0.1) is 0 Å². The predicted octanol–water partition coefficient (Wildman–Crippen LogP) is 4.32. The fourth-order valence-corrected chi connectivity index (χ4v) is 4.49. The van der Waals surface area contributed by atoms with Crippen molar-refractivity contribution in [3.8, 4) is 11.1 Å². The van der Waals surface area contributed by atoms with Crippen molar-refractivity contribution >= 4 is 11.8 Å². The maximum atomic E-state index is 12.7. The van der Waals surface area contributed by atoms with Crippen molar-refractivity contribution in [1.29, 1.82) is 0 Å². The highest BCUT2D eigenvalue weighted by Gasteiger charge is 2.38. The summed E-state index contributed by atoms with van der Waals surface area (Å²) in [5, 5.41) is 3.11. The number of carbonyl (C=O) groups is 2. The average Bonchev–Trinajstić information content (AvgIpc) is 3.38. The molecule has 0 spiro atoms. The number of carbonyl (C=O) groups excluding carboxylic acids is 2. The molecule has 2 aromatic carbocycles. The Bertz CT molecular complexity index is 825. The summed E-state index contributed by atoms with van der Waals surface area (Å²) < 4.78 is 0. The van der Waals surface area contributed by atoms with E-state index in [9.17, 15) is 9.59 Å². The van der Waals surface area contributed by atoms with Crippen molar-refractivity contribution in [2.24, 2.45) is 5.92 Å². The van der Waals surface area contributed by atoms with Crippen LogP contribution in [0.25, 0.3) is 11.1 Å². The Morgan fingerprint density at radius 2 is 1.64 bits per heavy atom. The Morgan fingerprint density at radius 1 is 1.00 bits per heavy atom. The number of likely N-dealkylation sites (tertiary alicyclic amines) is 1. The van der Waals surface area contributed by atoms with Gasteiger partial charge in [0.05, 0.1) is 12.0 Å². The topological polar surface area (TPSA) is 49.4 Å². The van der Waals surface area contributed by atoms with Crippen LogP contribution >= 0.6 is 0 Å². The molecule has 0 bridgehead atoms. The van der Waals surface area contributed by atoms with Gasteiger partial charge in [0.1, 0.15) is 0 Å². The van der Waals surface area contributed by atoms with Gasteiger partial charge in [0.25, 0.3) is 0 Å². The van der Waals surface area contributed by atoms with E-state index in [1.54, 1.807) is 0 Å². The first kappa shape index (κ1) is 18.7. The zero-order valence-corrected chi connectivity index (χ0v) is 16.4. The lowest BCUT2D eigenvalue weighted by atomic mass is 10.0. The van der Waals surface area contributed by atoms with E-state index in [4.69, 9.17) is 0 Å². The molecule has 2 aliphatic rings. The molecule has 1 aliphatic heterocycles. The van der Waals surface area contributed by atoms with Crippen LogP contribution in [0, 0.1) is 5.92 Å². The maximum absolute atomic E-state index is 12.7. The molecule has 4 heteroatoms. The monoisotopic (exact) mass is 376 g/mol. The van der Waals surface area contributed by atoms with Crippen LogP contribution in [0.2, 0.25) is 0 Å². The first-order valence-corrected chi connectivity index (χ1v) is 10.4. The number of nitrogens with zero attached hydrogens (tertiary/aromatic N) is 1. The largest absolute Gasteiger partial charge is 0.349 e. The summed E-state index contributed by atoms with van der Waals surface area (Å²) in [5.74, 6) is -0.0838. The minimum atomic E-state index is -0.223. The van der Waals surface area contributed by atoms with E-state index in [1.807, 2.05) is 30.0 Å². The highest BCUT2D eigenvalue weighted by Crippen LogP contribution is 2.30. The molecule has 1 saturated heterocycles. The Morgan fingerprint density at radius 3 is 2.32 bits per heavy atom. The number of hydrogen-bond acceptors (Lipinski definition) is 2. The Hall–Kier alpha value is -2.62. The molecule has 1 saturated carbocycles. The van der Waals surface area contributed by atoms with E-state index < -0.39 is 0 Å². The number of benzene rings is 2. The molecule has 4 rings (SSSR count). The van der Waals surface area contributed by atoms with Gasteiger partial charge in [0.15, 0.2) is 0 Å². The number of nitrogens with one attached hydrogen (secondary N) is 1. The first-order chi connectivity index (χ1) is 13.6. The van der Waals surface area contributed by atoms with Crippen LogP contribution in [0.5, 0.6) is 0 Å². The molecular weight excluding hydrogens is 348 g/mol. The van der Waals surface area contributed by atoms with Crippen LogP contribution in [-0.2, 0) is 9.59 Å². The summed E-state index contributed by atoms with van der Waals surface area (Å²) in [6.45, 7) is 2.58. The van der Waals surface area contributed by atoms with Crippen molar-refractivity contribution < 1.29 is 9.59 Å². The Labute approximate surface area is 166 Å². The summed E-state index contributed by atoms with van der Waals surface area (Å²) in [7, 11) is 0. The van der Waals surface area contributed by atoms with E-state index in [1.165, 1.54) is 18.4 Å². The second kappa shape index (κ2) is 8.17. The number of amides is 2. The molecule has 2 fully saturated rings. The van der Waals surface area contributed by atoms with Crippen molar-refractivity contribution in [2.75, 3.05) is 6.54 Å². The lowest BCUT2D eigenvalue weighted by Gasteiger charge is -2.24. The Balaban J connectivity index is 1.36. The van der Waals surface area contributed by atoms with Gasteiger partial charge in [0, 0.05) is 19.0 Å². The van der Waals surface area contributed by atoms with Crippen LogP contribution in [-0.4, -0.2) is 29.3 Å². The summed E-state index contributed by atoms with van der Waals surface area (Å²) in [4.78, 5) is 27.0.